The van der Waals surface area contributed by atoms with Gasteiger partial charge in [0.15, 0.2) is 5.75 Å². The van der Waals surface area contributed by atoms with Crippen molar-refractivity contribution < 1.29 is 26.3 Å². The summed E-state index contributed by atoms with van der Waals surface area (Å²) in [5.74, 6) is -0.899. The summed E-state index contributed by atoms with van der Waals surface area (Å²) < 4.78 is 68.8. The molecule has 0 heterocycles. The molecule has 0 spiro atoms. The van der Waals surface area contributed by atoms with Gasteiger partial charge in [-0.05, 0) is 36.5 Å². The predicted octanol–water partition coefficient (Wildman–Crippen LogP) is 4.23. The van der Waals surface area contributed by atoms with Crippen molar-refractivity contribution in [3.8, 4) is 5.75 Å². The van der Waals surface area contributed by atoms with Gasteiger partial charge >= 0.3 is 6.18 Å². The van der Waals surface area contributed by atoms with Crippen molar-refractivity contribution in [2.45, 2.75) is 57.7 Å². The number of hydrogen-bond donors (Lipinski definition) is 1. The van der Waals surface area contributed by atoms with E-state index in [0.717, 1.165) is 19.3 Å². The van der Waals surface area contributed by atoms with Crippen LogP contribution in [-0.2, 0) is 10.0 Å². The Morgan fingerprint density at radius 1 is 1.15 bits per heavy atom. The summed E-state index contributed by atoms with van der Waals surface area (Å²) in [4.78, 5) is 0. The lowest BCUT2D eigenvalue weighted by Crippen LogP contribution is -2.46. The SMILES string of the molecule is CC(C)c1ccc(OC[C@@H]2CCCC[C@H]2NS(=O)(=O)CC(F)(F)F)cc1. The lowest BCUT2D eigenvalue weighted by molar-refractivity contribution is -0.106. The maximum atomic E-state index is 12.4. The van der Waals surface area contributed by atoms with Gasteiger partial charge in [-0.3, -0.25) is 0 Å². The van der Waals surface area contributed by atoms with E-state index in [4.69, 9.17) is 4.74 Å². The molecule has 1 saturated carbocycles. The lowest BCUT2D eigenvalue weighted by atomic mass is 9.86. The van der Waals surface area contributed by atoms with Gasteiger partial charge in [0.25, 0.3) is 0 Å². The third-order valence-electron chi connectivity index (χ3n) is 4.60. The maximum absolute atomic E-state index is 12.4. The van der Waals surface area contributed by atoms with Crippen molar-refractivity contribution in [2.75, 3.05) is 12.4 Å². The Morgan fingerprint density at radius 2 is 1.77 bits per heavy atom. The zero-order chi connectivity index (χ0) is 19.4. The Morgan fingerprint density at radius 3 is 2.35 bits per heavy atom. The molecular weight excluding hydrogens is 367 g/mol. The Labute approximate surface area is 153 Å². The summed E-state index contributed by atoms with van der Waals surface area (Å²) in [6, 6.07) is 7.16. The van der Waals surface area contributed by atoms with Crippen LogP contribution in [-0.4, -0.2) is 33.0 Å². The normalized spacial score (nSPS) is 21.8. The quantitative estimate of drug-likeness (QED) is 0.754. The van der Waals surface area contributed by atoms with Gasteiger partial charge < -0.3 is 4.74 Å². The van der Waals surface area contributed by atoms with E-state index in [-0.39, 0.29) is 12.5 Å². The van der Waals surface area contributed by atoms with Crippen molar-refractivity contribution in [2.24, 2.45) is 5.92 Å². The van der Waals surface area contributed by atoms with Crippen LogP contribution in [0.15, 0.2) is 24.3 Å². The van der Waals surface area contributed by atoms with Gasteiger partial charge in [-0.1, -0.05) is 38.8 Å². The highest BCUT2D eigenvalue weighted by Gasteiger charge is 2.37. The zero-order valence-electron chi connectivity index (χ0n) is 15.1. The molecule has 4 nitrogen and oxygen atoms in total. The van der Waals surface area contributed by atoms with E-state index in [9.17, 15) is 21.6 Å². The van der Waals surface area contributed by atoms with Crippen LogP contribution in [0.2, 0.25) is 0 Å². The number of hydrogen-bond acceptors (Lipinski definition) is 3. The summed E-state index contributed by atoms with van der Waals surface area (Å²) in [5, 5.41) is 0. The summed E-state index contributed by atoms with van der Waals surface area (Å²) in [5.41, 5.74) is 1.19. The van der Waals surface area contributed by atoms with E-state index < -0.39 is 28.0 Å². The molecule has 2 rings (SSSR count). The molecule has 0 bridgehead atoms. The molecule has 26 heavy (non-hydrogen) atoms. The van der Waals surface area contributed by atoms with Crippen LogP contribution < -0.4 is 9.46 Å². The molecule has 0 unspecified atom stereocenters. The molecule has 1 N–H and O–H groups in total. The fraction of sp³-hybridized carbons (Fsp3) is 0.667. The molecule has 0 aromatic heterocycles. The second-order valence-electron chi connectivity index (χ2n) is 7.18. The van der Waals surface area contributed by atoms with Crippen molar-refractivity contribution in [1.82, 2.24) is 4.72 Å². The average Bonchev–Trinajstić information content (AvgIpc) is 2.51. The molecule has 1 aliphatic rings. The first kappa shape index (κ1) is 21.0. The monoisotopic (exact) mass is 393 g/mol. The molecule has 0 amide bonds. The molecule has 0 saturated heterocycles. The summed E-state index contributed by atoms with van der Waals surface area (Å²) in [7, 11) is -4.40. The molecule has 1 aromatic carbocycles. The fourth-order valence-electron chi connectivity index (χ4n) is 3.20. The molecule has 2 atom stereocenters. The highest BCUT2D eigenvalue weighted by atomic mass is 32.2. The third kappa shape index (κ3) is 6.79. The van der Waals surface area contributed by atoms with Crippen LogP contribution in [0.25, 0.3) is 0 Å². The number of ether oxygens (including phenoxy) is 1. The first-order chi connectivity index (χ1) is 12.1. The molecule has 1 aliphatic carbocycles. The second-order valence-corrected chi connectivity index (χ2v) is 8.93. The van der Waals surface area contributed by atoms with Crippen molar-refractivity contribution in [1.29, 1.82) is 0 Å². The van der Waals surface area contributed by atoms with E-state index >= 15 is 0 Å². The number of alkyl halides is 3. The van der Waals surface area contributed by atoms with Crippen LogP contribution in [0.4, 0.5) is 13.2 Å². The molecule has 8 heteroatoms. The van der Waals surface area contributed by atoms with Crippen LogP contribution in [0, 0.1) is 5.92 Å². The van der Waals surface area contributed by atoms with Crippen molar-refractivity contribution in [3.05, 3.63) is 29.8 Å². The van der Waals surface area contributed by atoms with Gasteiger partial charge in [-0.15, -0.1) is 0 Å². The molecule has 0 aliphatic heterocycles. The number of rotatable bonds is 7. The zero-order valence-corrected chi connectivity index (χ0v) is 15.9. The van der Waals surface area contributed by atoms with Crippen molar-refractivity contribution >= 4 is 10.0 Å². The predicted molar refractivity (Wildman–Crippen MR) is 94.7 cm³/mol. The Balaban J connectivity index is 1.95. The van der Waals surface area contributed by atoms with E-state index in [0.29, 0.717) is 18.1 Å². The van der Waals surface area contributed by atoms with E-state index in [1.165, 1.54) is 5.56 Å². The number of nitrogens with one attached hydrogen (secondary N) is 1. The standard InChI is InChI=1S/C18H26F3NO3S/c1-13(2)14-7-9-16(10-8-14)25-11-15-5-3-4-6-17(15)22-26(23,24)12-18(19,20)21/h7-10,13,15,17,22H,3-6,11-12H2,1-2H3/t15-,17+/m0/s1. The fourth-order valence-corrected chi connectivity index (χ4v) is 4.49. The Kier molecular flexibility index (Phi) is 6.96. The minimum atomic E-state index is -4.75. The van der Waals surface area contributed by atoms with Gasteiger partial charge in [0.2, 0.25) is 10.0 Å². The number of benzene rings is 1. The lowest BCUT2D eigenvalue weighted by Gasteiger charge is -2.32. The van der Waals surface area contributed by atoms with Crippen LogP contribution in [0.5, 0.6) is 5.75 Å². The minimum absolute atomic E-state index is 0.142. The van der Waals surface area contributed by atoms with Gasteiger partial charge in [-0.25, -0.2) is 13.1 Å². The molecule has 0 radical (unpaired) electrons. The number of sulfonamides is 1. The van der Waals surface area contributed by atoms with Gasteiger partial charge in [0.05, 0.1) is 6.61 Å². The van der Waals surface area contributed by atoms with Gasteiger partial charge in [0, 0.05) is 12.0 Å². The average molecular weight is 393 g/mol. The first-order valence-electron chi connectivity index (χ1n) is 8.85. The summed E-state index contributed by atoms with van der Waals surface area (Å²) in [6.07, 6.45) is -1.79. The van der Waals surface area contributed by atoms with E-state index in [1.807, 2.05) is 24.3 Å². The minimum Gasteiger partial charge on any atom is -0.493 e. The highest BCUT2D eigenvalue weighted by Crippen LogP contribution is 2.27. The topological polar surface area (TPSA) is 55.4 Å². The maximum Gasteiger partial charge on any atom is 0.404 e. The summed E-state index contributed by atoms with van der Waals surface area (Å²) >= 11 is 0. The molecule has 148 valence electrons. The van der Waals surface area contributed by atoms with Crippen LogP contribution in [0.3, 0.4) is 0 Å². The van der Waals surface area contributed by atoms with Gasteiger partial charge in [0.1, 0.15) is 5.75 Å². The van der Waals surface area contributed by atoms with Crippen LogP contribution >= 0.6 is 0 Å². The Hall–Kier alpha value is -1.28. The largest absolute Gasteiger partial charge is 0.493 e. The number of halogens is 3. The van der Waals surface area contributed by atoms with Crippen LogP contribution in [0.1, 0.15) is 51.0 Å². The Bertz CT molecular complexity index is 672. The summed E-state index contributed by atoms with van der Waals surface area (Å²) in [6.45, 7) is 4.46. The molecule has 1 aromatic rings. The van der Waals surface area contributed by atoms with Gasteiger partial charge in [-0.2, -0.15) is 13.2 Å². The van der Waals surface area contributed by atoms with Crippen molar-refractivity contribution in [3.63, 3.8) is 0 Å². The molecular formula is C18H26F3NO3S. The third-order valence-corrected chi connectivity index (χ3v) is 5.97. The second kappa shape index (κ2) is 8.61. The smallest absolute Gasteiger partial charge is 0.404 e. The first-order valence-corrected chi connectivity index (χ1v) is 10.5. The van der Waals surface area contributed by atoms with E-state index in [2.05, 4.69) is 18.6 Å². The molecule has 1 fully saturated rings. The van der Waals surface area contributed by atoms with E-state index in [1.54, 1.807) is 0 Å². The highest BCUT2D eigenvalue weighted by molar-refractivity contribution is 7.89.